The predicted octanol–water partition coefficient (Wildman–Crippen LogP) is 2.83. The van der Waals surface area contributed by atoms with Gasteiger partial charge in [-0.1, -0.05) is 24.0 Å². The molecule has 20 heavy (non-hydrogen) atoms. The third-order valence-corrected chi connectivity index (χ3v) is 3.70. The lowest BCUT2D eigenvalue weighted by Crippen LogP contribution is -2.17. The molecule has 4 heteroatoms. The van der Waals surface area contributed by atoms with Gasteiger partial charge < -0.3 is 5.73 Å². The first-order valence-electron chi connectivity index (χ1n) is 6.37. The summed E-state index contributed by atoms with van der Waals surface area (Å²) < 4.78 is 14.0. The molecular weight excluding hydrogens is 271 g/mol. The van der Waals surface area contributed by atoms with Gasteiger partial charge in [0.15, 0.2) is 0 Å². The second-order valence-electron chi connectivity index (χ2n) is 4.56. The van der Waals surface area contributed by atoms with Crippen LogP contribution < -0.4 is 5.73 Å². The Balaban J connectivity index is 2.02. The molecule has 0 amide bonds. The normalized spacial score (nSPS) is 10.4. The van der Waals surface area contributed by atoms with Crippen LogP contribution in [0.5, 0.6) is 0 Å². The lowest BCUT2D eigenvalue weighted by Gasteiger charge is -2.16. The second kappa shape index (κ2) is 7.20. The van der Waals surface area contributed by atoms with Crippen LogP contribution >= 0.6 is 11.3 Å². The predicted molar refractivity (Wildman–Crippen MR) is 81.8 cm³/mol. The number of thiophene rings is 1. The maximum absolute atomic E-state index is 14.0. The summed E-state index contributed by atoms with van der Waals surface area (Å²) in [4.78, 5) is 3.37. The van der Waals surface area contributed by atoms with E-state index in [1.54, 1.807) is 17.4 Å². The van der Waals surface area contributed by atoms with Crippen molar-refractivity contribution in [2.24, 2.45) is 5.73 Å². The van der Waals surface area contributed by atoms with Gasteiger partial charge in [-0.05, 0) is 30.6 Å². The van der Waals surface area contributed by atoms with E-state index in [2.05, 4.69) is 28.2 Å². The molecule has 0 aliphatic carbocycles. The zero-order chi connectivity index (χ0) is 14.4. The molecule has 0 saturated carbocycles. The van der Waals surface area contributed by atoms with E-state index in [1.807, 2.05) is 19.2 Å². The summed E-state index contributed by atoms with van der Waals surface area (Å²) >= 11 is 1.71. The van der Waals surface area contributed by atoms with Crippen LogP contribution in [0.4, 0.5) is 4.39 Å². The zero-order valence-corrected chi connectivity index (χ0v) is 12.2. The van der Waals surface area contributed by atoms with E-state index >= 15 is 0 Å². The standard InChI is InChI=1S/C16H17FN2S/c1-19(12-15-5-3-9-20-15)11-14-7-6-13(4-2-8-18)10-16(14)17/h3,5-7,9-10H,8,11-12,18H2,1H3. The Kier molecular flexibility index (Phi) is 5.31. The molecule has 0 spiro atoms. The van der Waals surface area contributed by atoms with E-state index in [0.717, 1.165) is 6.54 Å². The highest BCUT2D eigenvalue weighted by Crippen LogP contribution is 2.15. The molecule has 0 unspecified atom stereocenters. The molecule has 0 saturated heterocycles. The maximum Gasteiger partial charge on any atom is 0.128 e. The molecule has 0 aliphatic heterocycles. The van der Waals surface area contributed by atoms with Crippen molar-refractivity contribution in [2.45, 2.75) is 13.1 Å². The van der Waals surface area contributed by atoms with Crippen LogP contribution in [0.15, 0.2) is 35.7 Å². The quantitative estimate of drug-likeness (QED) is 0.877. The minimum Gasteiger partial charge on any atom is -0.320 e. The summed E-state index contributed by atoms with van der Waals surface area (Å²) in [6.45, 7) is 1.69. The maximum atomic E-state index is 14.0. The fourth-order valence-corrected chi connectivity index (χ4v) is 2.71. The highest BCUT2D eigenvalue weighted by Gasteiger charge is 2.07. The van der Waals surface area contributed by atoms with E-state index in [0.29, 0.717) is 17.7 Å². The molecular formula is C16H17FN2S. The first-order chi connectivity index (χ1) is 9.69. The third kappa shape index (κ3) is 4.17. The summed E-state index contributed by atoms with van der Waals surface area (Å²) in [6.07, 6.45) is 0. The Morgan fingerprint density at radius 2 is 2.15 bits per heavy atom. The van der Waals surface area contributed by atoms with Crippen LogP contribution in [-0.4, -0.2) is 18.5 Å². The highest BCUT2D eigenvalue weighted by atomic mass is 32.1. The molecule has 2 rings (SSSR count). The number of hydrogen-bond acceptors (Lipinski definition) is 3. The average molecular weight is 288 g/mol. The number of benzene rings is 1. The van der Waals surface area contributed by atoms with E-state index < -0.39 is 0 Å². The van der Waals surface area contributed by atoms with Crippen LogP contribution in [0.25, 0.3) is 0 Å². The molecule has 0 aliphatic rings. The number of hydrogen-bond donors (Lipinski definition) is 1. The van der Waals surface area contributed by atoms with Crippen molar-refractivity contribution in [3.8, 4) is 11.8 Å². The number of nitrogens with zero attached hydrogens (tertiary/aromatic N) is 1. The van der Waals surface area contributed by atoms with E-state index in [-0.39, 0.29) is 12.4 Å². The molecule has 1 heterocycles. The molecule has 0 radical (unpaired) electrons. The minimum absolute atomic E-state index is 0.216. The number of halogens is 1. The van der Waals surface area contributed by atoms with Gasteiger partial charge in [0, 0.05) is 29.1 Å². The first kappa shape index (κ1) is 14.7. The van der Waals surface area contributed by atoms with Crippen molar-refractivity contribution >= 4 is 11.3 Å². The zero-order valence-electron chi connectivity index (χ0n) is 11.4. The molecule has 0 bridgehead atoms. The first-order valence-corrected chi connectivity index (χ1v) is 7.25. The average Bonchev–Trinajstić information content (AvgIpc) is 2.92. The van der Waals surface area contributed by atoms with Crippen molar-refractivity contribution in [3.05, 3.63) is 57.5 Å². The Morgan fingerprint density at radius 1 is 1.30 bits per heavy atom. The van der Waals surface area contributed by atoms with Gasteiger partial charge in [0.05, 0.1) is 6.54 Å². The van der Waals surface area contributed by atoms with Crippen LogP contribution in [0.3, 0.4) is 0 Å². The summed E-state index contributed by atoms with van der Waals surface area (Å²) in [5.41, 5.74) is 6.65. The SMILES string of the molecule is CN(Cc1cccs1)Cc1ccc(C#CCN)cc1F. The molecule has 2 aromatic rings. The second-order valence-corrected chi connectivity index (χ2v) is 5.60. The molecule has 2 nitrogen and oxygen atoms in total. The van der Waals surface area contributed by atoms with Crippen LogP contribution in [0, 0.1) is 17.7 Å². The van der Waals surface area contributed by atoms with Gasteiger partial charge in [-0.15, -0.1) is 11.3 Å². The van der Waals surface area contributed by atoms with Crippen molar-refractivity contribution in [3.63, 3.8) is 0 Å². The van der Waals surface area contributed by atoms with E-state index in [4.69, 9.17) is 5.73 Å². The fourth-order valence-electron chi connectivity index (χ4n) is 1.92. The summed E-state index contributed by atoms with van der Waals surface area (Å²) in [5, 5.41) is 2.05. The smallest absolute Gasteiger partial charge is 0.128 e. The Hall–Kier alpha value is -1.67. The molecule has 104 valence electrons. The summed E-state index contributed by atoms with van der Waals surface area (Å²) in [5.74, 6) is 5.34. The largest absolute Gasteiger partial charge is 0.320 e. The van der Waals surface area contributed by atoms with E-state index in [9.17, 15) is 4.39 Å². The van der Waals surface area contributed by atoms with Gasteiger partial charge in [0.2, 0.25) is 0 Å². The molecule has 2 N–H and O–H groups in total. The van der Waals surface area contributed by atoms with Crippen molar-refractivity contribution in [1.29, 1.82) is 0 Å². The summed E-state index contributed by atoms with van der Waals surface area (Å²) in [6, 6.07) is 9.21. The lowest BCUT2D eigenvalue weighted by atomic mass is 10.1. The summed E-state index contributed by atoms with van der Waals surface area (Å²) in [7, 11) is 1.99. The molecule has 1 aromatic carbocycles. The molecule has 1 aromatic heterocycles. The van der Waals surface area contributed by atoms with Crippen LogP contribution in [0.2, 0.25) is 0 Å². The third-order valence-electron chi connectivity index (χ3n) is 2.83. The lowest BCUT2D eigenvalue weighted by molar-refractivity contribution is 0.316. The van der Waals surface area contributed by atoms with Crippen molar-refractivity contribution in [2.75, 3.05) is 13.6 Å². The Bertz CT molecular complexity index is 611. The van der Waals surface area contributed by atoms with Crippen LogP contribution in [-0.2, 0) is 13.1 Å². The van der Waals surface area contributed by atoms with Gasteiger partial charge in [0.25, 0.3) is 0 Å². The van der Waals surface area contributed by atoms with Gasteiger partial charge in [0.1, 0.15) is 5.82 Å². The van der Waals surface area contributed by atoms with Gasteiger partial charge in [-0.25, -0.2) is 4.39 Å². The monoisotopic (exact) mass is 288 g/mol. The Morgan fingerprint density at radius 3 is 2.80 bits per heavy atom. The number of rotatable bonds is 4. The molecule has 0 fully saturated rings. The highest BCUT2D eigenvalue weighted by molar-refractivity contribution is 7.09. The van der Waals surface area contributed by atoms with Crippen molar-refractivity contribution in [1.82, 2.24) is 4.90 Å². The number of nitrogens with two attached hydrogens (primary N) is 1. The van der Waals surface area contributed by atoms with Crippen LogP contribution in [0.1, 0.15) is 16.0 Å². The van der Waals surface area contributed by atoms with Gasteiger partial charge in [-0.2, -0.15) is 0 Å². The van der Waals surface area contributed by atoms with Gasteiger partial charge >= 0.3 is 0 Å². The fraction of sp³-hybridized carbons (Fsp3) is 0.250. The minimum atomic E-state index is -0.216. The molecule has 0 atom stereocenters. The van der Waals surface area contributed by atoms with E-state index in [1.165, 1.54) is 10.9 Å². The van der Waals surface area contributed by atoms with Crippen molar-refractivity contribution < 1.29 is 4.39 Å². The Labute approximate surface area is 123 Å². The van der Waals surface area contributed by atoms with Gasteiger partial charge in [-0.3, -0.25) is 4.90 Å². The topological polar surface area (TPSA) is 29.3 Å².